The van der Waals surface area contributed by atoms with Gasteiger partial charge in [-0.05, 0) is 32.4 Å². The van der Waals surface area contributed by atoms with Gasteiger partial charge in [-0.3, -0.25) is 9.97 Å². The fourth-order valence-electron chi connectivity index (χ4n) is 1.16. The van der Waals surface area contributed by atoms with Crippen molar-refractivity contribution in [2.45, 2.75) is 26.2 Å². The van der Waals surface area contributed by atoms with Gasteiger partial charge in [0, 0.05) is 18.6 Å². The number of nitrogens with zero attached hydrogens (tertiary/aromatic N) is 2. The van der Waals surface area contributed by atoms with Crippen LogP contribution in [0.25, 0.3) is 0 Å². The topological polar surface area (TPSA) is 37.8 Å². The first-order chi connectivity index (χ1) is 6.43. The molecule has 1 N–H and O–H groups in total. The predicted octanol–water partition coefficient (Wildman–Crippen LogP) is 1.41. The smallest absolute Gasteiger partial charge is 0.0587 e. The van der Waals surface area contributed by atoms with E-state index in [-0.39, 0.29) is 0 Å². The number of aryl methyl sites for hydroxylation is 1. The van der Waals surface area contributed by atoms with E-state index in [2.05, 4.69) is 22.2 Å². The minimum Gasteiger partial charge on any atom is -0.317 e. The summed E-state index contributed by atoms with van der Waals surface area (Å²) in [6.45, 7) is 4.36. The van der Waals surface area contributed by atoms with Gasteiger partial charge in [0.2, 0.25) is 0 Å². The molecule has 1 aromatic rings. The molecule has 0 aliphatic heterocycles. The minimum absolute atomic E-state index is 1.02. The number of rotatable bonds is 6. The summed E-state index contributed by atoms with van der Waals surface area (Å²) in [5.41, 5.74) is 1.08. The van der Waals surface area contributed by atoms with E-state index >= 15 is 0 Å². The lowest BCUT2D eigenvalue weighted by atomic mass is 10.2. The van der Waals surface area contributed by atoms with Crippen LogP contribution in [0.3, 0.4) is 0 Å². The minimum atomic E-state index is 1.02. The highest BCUT2D eigenvalue weighted by Gasteiger charge is 1.92. The van der Waals surface area contributed by atoms with Gasteiger partial charge in [-0.25, -0.2) is 0 Å². The largest absolute Gasteiger partial charge is 0.317 e. The Morgan fingerprint density at radius 3 is 2.92 bits per heavy atom. The number of aromatic nitrogens is 2. The van der Waals surface area contributed by atoms with Crippen LogP contribution in [0.15, 0.2) is 18.6 Å². The molecule has 0 fully saturated rings. The quantitative estimate of drug-likeness (QED) is 0.671. The van der Waals surface area contributed by atoms with Crippen molar-refractivity contribution in [1.82, 2.24) is 15.3 Å². The first-order valence-electron chi connectivity index (χ1n) is 4.89. The summed E-state index contributed by atoms with van der Waals surface area (Å²) in [7, 11) is 0. The second kappa shape index (κ2) is 6.54. The lowest BCUT2D eigenvalue weighted by molar-refractivity contribution is 0.635. The molecule has 0 unspecified atom stereocenters. The van der Waals surface area contributed by atoms with Gasteiger partial charge >= 0.3 is 0 Å². The zero-order chi connectivity index (χ0) is 9.36. The summed E-state index contributed by atoms with van der Waals surface area (Å²) in [5.74, 6) is 0. The van der Waals surface area contributed by atoms with Crippen LogP contribution < -0.4 is 5.32 Å². The molecule has 1 heterocycles. The molecule has 0 amide bonds. The summed E-state index contributed by atoms with van der Waals surface area (Å²) in [5, 5.41) is 3.36. The maximum absolute atomic E-state index is 4.21. The van der Waals surface area contributed by atoms with E-state index in [9.17, 15) is 0 Å². The van der Waals surface area contributed by atoms with Crippen molar-refractivity contribution < 1.29 is 0 Å². The highest BCUT2D eigenvalue weighted by molar-refractivity contribution is 4.94. The average Bonchev–Trinajstić information content (AvgIpc) is 2.19. The van der Waals surface area contributed by atoms with E-state index in [1.54, 1.807) is 12.4 Å². The lowest BCUT2D eigenvalue weighted by Gasteiger charge is -2.01. The van der Waals surface area contributed by atoms with Gasteiger partial charge in [-0.1, -0.05) is 6.92 Å². The van der Waals surface area contributed by atoms with Crippen LogP contribution in [-0.4, -0.2) is 23.1 Å². The van der Waals surface area contributed by atoms with Crippen molar-refractivity contribution in [3.05, 3.63) is 24.3 Å². The maximum atomic E-state index is 4.21. The van der Waals surface area contributed by atoms with Crippen molar-refractivity contribution in [3.8, 4) is 0 Å². The molecule has 0 aliphatic rings. The Morgan fingerprint density at radius 2 is 2.23 bits per heavy atom. The van der Waals surface area contributed by atoms with Crippen molar-refractivity contribution in [2.24, 2.45) is 0 Å². The molecule has 1 rings (SSSR count). The van der Waals surface area contributed by atoms with Crippen molar-refractivity contribution in [1.29, 1.82) is 0 Å². The van der Waals surface area contributed by atoms with Crippen LogP contribution in [-0.2, 0) is 6.42 Å². The molecule has 3 heteroatoms. The highest BCUT2D eigenvalue weighted by Crippen LogP contribution is 1.94. The Balaban J connectivity index is 2.07. The SMILES string of the molecule is CCCNCCCc1cnccn1. The third-order valence-corrected chi connectivity index (χ3v) is 1.83. The van der Waals surface area contributed by atoms with Crippen LogP contribution in [0.4, 0.5) is 0 Å². The first-order valence-corrected chi connectivity index (χ1v) is 4.89. The zero-order valence-electron chi connectivity index (χ0n) is 8.16. The van der Waals surface area contributed by atoms with E-state index in [0.717, 1.165) is 31.6 Å². The molecule has 0 bridgehead atoms. The van der Waals surface area contributed by atoms with Crippen LogP contribution in [0, 0.1) is 0 Å². The second-order valence-corrected chi connectivity index (χ2v) is 3.05. The van der Waals surface area contributed by atoms with Crippen LogP contribution >= 0.6 is 0 Å². The molecule has 0 spiro atoms. The molecular formula is C10H17N3. The van der Waals surface area contributed by atoms with Gasteiger partial charge < -0.3 is 5.32 Å². The van der Waals surface area contributed by atoms with Crippen molar-refractivity contribution >= 4 is 0 Å². The van der Waals surface area contributed by atoms with Crippen LogP contribution in [0.1, 0.15) is 25.5 Å². The summed E-state index contributed by atoms with van der Waals surface area (Å²) in [4.78, 5) is 8.22. The highest BCUT2D eigenvalue weighted by atomic mass is 14.8. The van der Waals surface area contributed by atoms with E-state index in [0.29, 0.717) is 0 Å². The Morgan fingerprint density at radius 1 is 1.31 bits per heavy atom. The Kier molecular flexibility index (Phi) is 5.10. The van der Waals surface area contributed by atoms with Gasteiger partial charge in [-0.15, -0.1) is 0 Å². The molecule has 0 saturated heterocycles. The van der Waals surface area contributed by atoms with E-state index in [4.69, 9.17) is 0 Å². The average molecular weight is 179 g/mol. The van der Waals surface area contributed by atoms with Crippen LogP contribution in [0.5, 0.6) is 0 Å². The third-order valence-electron chi connectivity index (χ3n) is 1.83. The van der Waals surface area contributed by atoms with Gasteiger partial charge in [0.25, 0.3) is 0 Å². The molecule has 13 heavy (non-hydrogen) atoms. The van der Waals surface area contributed by atoms with Gasteiger partial charge in [0.05, 0.1) is 5.69 Å². The van der Waals surface area contributed by atoms with Gasteiger partial charge in [-0.2, -0.15) is 0 Å². The van der Waals surface area contributed by atoms with Crippen molar-refractivity contribution in [2.75, 3.05) is 13.1 Å². The summed E-state index contributed by atoms with van der Waals surface area (Å²) in [6.07, 6.45) is 8.64. The van der Waals surface area contributed by atoms with Gasteiger partial charge in [0.1, 0.15) is 0 Å². The summed E-state index contributed by atoms with van der Waals surface area (Å²) < 4.78 is 0. The molecule has 72 valence electrons. The molecule has 0 aromatic carbocycles. The summed E-state index contributed by atoms with van der Waals surface area (Å²) in [6, 6.07) is 0. The molecule has 0 radical (unpaired) electrons. The molecule has 0 atom stereocenters. The van der Waals surface area contributed by atoms with Crippen molar-refractivity contribution in [3.63, 3.8) is 0 Å². The fraction of sp³-hybridized carbons (Fsp3) is 0.600. The monoisotopic (exact) mass is 179 g/mol. The second-order valence-electron chi connectivity index (χ2n) is 3.05. The normalized spacial score (nSPS) is 10.2. The van der Waals surface area contributed by atoms with Gasteiger partial charge in [0.15, 0.2) is 0 Å². The number of hydrogen-bond donors (Lipinski definition) is 1. The Hall–Kier alpha value is -0.960. The molecular weight excluding hydrogens is 162 g/mol. The Labute approximate surface area is 79.6 Å². The summed E-state index contributed by atoms with van der Waals surface area (Å²) >= 11 is 0. The van der Waals surface area contributed by atoms with E-state index in [1.165, 1.54) is 6.42 Å². The number of nitrogens with one attached hydrogen (secondary N) is 1. The zero-order valence-corrected chi connectivity index (χ0v) is 8.16. The standard InChI is InChI=1S/C10H17N3/c1-2-5-11-6-3-4-10-9-12-7-8-13-10/h7-9,11H,2-6H2,1H3. The molecule has 1 aromatic heterocycles. The van der Waals surface area contributed by atoms with Crippen LogP contribution in [0.2, 0.25) is 0 Å². The number of hydrogen-bond acceptors (Lipinski definition) is 3. The fourth-order valence-corrected chi connectivity index (χ4v) is 1.16. The predicted molar refractivity (Wildman–Crippen MR) is 53.5 cm³/mol. The lowest BCUT2D eigenvalue weighted by Crippen LogP contribution is -2.16. The molecule has 0 saturated carbocycles. The third kappa shape index (κ3) is 4.58. The molecule has 0 aliphatic carbocycles. The van der Waals surface area contributed by atoms with E-state index in [1.807, 2.05) is 6.20 Å². The maximum Gasteiger partial charge on any atom is 0.0587 e. The first kappa shape index (κ1) is 10.1. The van der Waals surface area contributed by atoms with E-state index < -0.39 is 0 Å². The Bertz CT molecular complexity index is 211. The molecule has 3 nitrogen and oxygen atoms in total.